The van der Waals surface area contributed by atoms with E-state index in [1.54, 1.807) is 6.07 Å². The van der Waals surface area contributed by atoms with Gasteiger partial charge in [0.1, 0.15) is 11.3 Å². The van der Waals surface area contributed by atoms with Gasteiger partial charge in [-0.3, -0.25) is 9.69 Å². The van der Waals surface area contributed by atoms with Crippen molar-refractivity contribution in [3.63, 3.8) is 0 Å². The van der Waals surface area contributed by atoms with Crippen molar-refractivity contribution < 1.29 is 13.9 Å². The fraction of sp³-hybridized carbons (Fsp3) is 0.360. The van der Waals surface area contributed by atoms with Gasteiger partial charge in [-0.1, -0.05) is 18.2 Å². The van der Waals surface area contributed by atoms with E-state index in [9.17, 15) is 9.59 Å². The van der Waals surface area contributed by atoms with E-state index in [1.807, 2.05) is 13.0 Å². The molecule has 0 N–H and O–H groups in total. The van der Waals surface area contributed by atoms with Crippen LogP contribution < -0.4 is 15.3 Å². The minimum absolute atomic E-state index is 0.00179. The van der Waals surface area contributed by atoms with E-state index in [0.29, 0.717) is 30.0 Å². The van der Waals surface area contributed by atoms with Gasteiger partial charge >= 0.3 is 5.63 Å². The van der Waals surface area contributed by atoms with Gasteiger partial charge < -0.3 is 14.1 Å². The van der Waals surface area contributed by atoms with Crippen LogP contribution in [0.15, 0.2) is 51.7 Å². The number of rotatable bonds is 3. The number of ether oxygens (including phenoxy) is 1. The van der Waals surface area contributed by atoms with Crippen molar-refractivity contribution in [1.82, 2.24) is 4.90 Å². The van der Waals surface area contributed by atoms with Crippen LogP contribution in [0.3, 0.4) is 0 Å². The summed E-state index contributed by atoms with van der Waals surface area (Å²) in [5.41, 5.74) is 3.68. The summed E-state index contributed by atoms with van der Waals surface area (Å²) in [7, 11) is 0. The van der Waals surface area contributed by atoms with Crippen molar-refractivity contribution in [2.45, 2.75) is 13.8 Å². The molecule has 0 spiro atoms. The summed E-state index contributed by atoms with van der Waals surface area (Å²) in [5, 5.41) is 0.780. The van der Waals surface area contributed by atoms with Crippen LogP contribution in [0.1, 0.15) is 21.5 Å². The van der Waals surface area contributed by atoms with E-state index in [4.69, 9.17) is 9.15 Å². The van der Waals surface area contributed by atoms with E-state index < -0.39 is 5.63 Å². The lowest BCUT2D eigenvalue weighted by molar-refractivity contribution is 0.0764. The fourth-order valence-corrected chi connectivity index (χ4v) is 4.73. The molecule has 0 saturated carbocycles. The van der Waals surface area contributed by atoms with E-state index in [1.165, 1.54) is 17.3 Å². The summed E-state index contributed by atoms with van der Waals surface area (Å²) in [6, 6.07) is 13.6. The molecule has 1 unspecified atom stereocenters. The van der Waals surface area contributed by atoms with Gasteiger partial charge in [-0.25, -0.2) is 4.79 Å². The molecule has 160 valence electrons. The fourth-order valence-electron chi connectivity index (χ4n) is 4.73. The molecule has 2 aliphatic heterocycles. The Balaban J connectivity index is 1.33. The maximum atomic E-state index is 13.4. The normalized spacial score (nSPS) is 19.4. The zero-order chi connectivity index (χ0) is 21.5. The van der Waals surface area contributed by atoms with Gasteiger partial charge in [-0.15, -0.1) is 0 Å². The second-order valence-electron chi connectivity index (χ2n) is 8.51. The highest BCUT2D eigenvalue weighted by Gasteiger charge is 2.34. The average Bonchev–Trinajstić information content (AvgIpc) is 2.76. The maximum absolute atomic E-state index is 13.4. The lowest BCUT2D eigenvalue weighted by Crippen LogP contribution is -2.49. The van der Waals surface area contributed by atoms with Crippen LogP contribution in [-0.2, 0) is 0 Å². The minimum atomic E-state index is -0.444. The van der Waals surface area contributed by atoms with Crippen molar-refractivity contribution in [2.24, 2.45) is 5.92 Å². The first kappa shape index (κ1) is 19.8. The smallest absolute Gasteiger partial charge is 0.336 e. The zero-order valence-corrected chi connectivity index (χ0v) is 17.9. The molecule has 31 heavy (non-hydrogen) atoms. The highest BCUT2D eigenvalue weighted by molar-refractivity contribution is 6.10. The van der Waals surface area contributed by atoms with Crippen LogP contribution >= 0.6 is 0 Å². The number of para-hydroxylation sites is 1. The molecule has 0 bridgehead atoms. The molecular weight excluding hydrogens is 392 g/mol. The number of carbonyl (C=O) groups is 1. The third-order valence-corrected chi connectivity index (χ3v) is 6.45. The number of fused-ring (bicyclic) bond motifs is 3. The number of hydrogen-bond donors (Lipinski definition) is 0. The van der Waals surface area contributed by atoms with Gasteiger partial charge in [0, 0.05) is 49.9 Å². The topological polar surface area (TPSA) is 63.0 Å². The number of carbonyl (C=O) groups excluding carboxylic acids is 1. The van der Waals surface area contributed by atoms with Gasteiger partial charge in [0.2, 0.25) is 0 Å². The van der Waals surface area contributed by atoms with Crippen LogP contribution in [-0.4, -0.2) is 50.0 Å². The van der Waals surface area contributed by atoms with Gasteiger partial charge in [0.15, 0.2) is 11.4 Å². The summed E-state index contributed by atoms with van der Waals surface area (Å²) in [6.07, 6.45) is 0. The molecule has 0 amide bonds. The molecule has 0 aliphatic carbocycles. The van der Waals surface area contributed by atoms with E-state index >= 15 is 0 Å². The van der Waals surface area contributed by atoms with Crippen LogP contribution in [0.4, 0.5) is 5.69 Å². The Morgan fingerprint density at radius 2 is 1.74 bits per heavy atom. The molecule has 2 aliphatic rings. The monoisotopic (exact) mass is 418 g/mol. The molecule has 3 aromatic rings. The first-order chi connectivity index (χ1) is 15.0. The maximum Gasteiger partial charge on any atom is 0.336 e. The highest BCUT2D eigenvalue weighted by Crippen LogP contribution is 2.34. The van der Waals surface area contributed by atoms with Crippen LogP contribution in [0, 0.1) is 19.8 Å². The van der Waals surface area contributed by atoms with Crippen LogP contribution in [0.5, 0.6) is 5.75 Å². The average molecular weight is 418 g/mol. The van der Waals surface area contributed by atoms with Crippen molar-refractivity contribution >= 4 is 22.4 Å². The molecule has 1 fully saturated rings. The molecule has 1 saturated heterocycles. The standard InChI is InChI=1S/C25H26N2O4/c1-16-5-3-4-6-20(16)27-11-9-26(10-12-27)14-18-15-30-21-8-7-19-17(2)13-22(28)31-25(19)23(21)24(18)29/h3-8,13,18H,9-12,14-15H2,1-2H3. The zero-order valence-electron chi connectivity index (χ0n) is 17.9. The molecule has 5 rings (SSSR count). The molecule has 3 heterocycles. The summed E-state index contributed by atoms with van der Waals surface area (Å²) in [5.74, 6) is 0.239. The highest BCUT2D eigenvalue weighted by atomic mass is 16.5. The Hall–Kier alpha value is -3.12. The van der Waals surface area contributed by atoms with E-state index in [-0.39, 0.29) is 11.7 Å². The molecule has 1 atom stereocenters. The van der Waals surface area contributed by atoms with Gasteiger partial charge in [-0.2, -0.15) is 0 Å². The first-order valence-electron chi connectivity index (χ1n) is 10.8. The van der Waals surface area contributed by atoms with Crippen LogP contribution in [0.2, 0.25) is 0 Å². The Labute approximate surface area is 181 Å². The summed E-state index contributed by atoms with van der Waals surface area (Å²) < 4.78 is 11.4. The number of anilines is 1. The van der Waals surface area contributed by atoms with Crippen molar-refractivity contribution in [3.05, 3.63) is 69.6 Å². The Kier molecular flexibility index (Phi) is 5.02. The summed E-state index contributed by atoms with van der Waals surface area (Å²) in [6.45, 7) is 8.65. The Morgan fingerprint density at radius 3 is 2.52 bits per heavy atom. The molecule has 6 heteroatoms. The molecule has 6 nitrogen and oxygen atoms in total. The largest absolute Gasteiger partial charge is 0.492 e. The Bertz CT molecular complexity index is 1210. The summed E-state index contributed by atoms with van der Waals surface area (Å²) in [4.78, 5) is 30.1. The third-order valence-electron chi connectivity index (χ3n) is 6.45. The minimum Gasteiger partial charge on any atom is -0.492 e. The number of hydrogen-bond acceptors (Lipinski definition) is 6. The lowest BCUT2D eigenvalue weighted by atomic mass is 9.92. The van der Waals surface area contributed by atoms with Gasteiger partial charge in [0.05, 0.1) is 12.5 Å². The number of benzene rings is 2. The molecular formula is C25H26N2O4. The molecule has 2 aromatic carbocycles. The number of aryl methyl sites for hydroxylation is 2. The first-order valence-corrected chi connectivity index (χ1v) is 10.8. The number of ketones is 1. The second kappa shape index (κ2) is 7.85. The van der Waals surface area contributed by atoms with Crippen molar-refractivity contribution in [2.75, 3.05) is 44.2 Å². The number of nitrogens with zero attached hydrogens (tertiary/aromatic N) is 2. The van der Waals surface area contributed by atoms with Crippen molar-refractivity contribution in [3.8, 4) is 5.75 Å². The molecule has 1 aromatic heterocycles. The number of Topliss-reactive ketones (excluding diaryl/α,β-unsaturated/α-hetero) is 1. The van der Waals surface area contributed by atoms with E-state index in [0.717, 1.165) is 37.1 Å². The third kappa shape index (κ3) is 3.61. The number of piperazine rings is 1. The molecule has 0 radical (unpaired) electrons. The Morgan fingerprint density at radius 1 is 0.968 bits per heavy atom. The predicted octanol–water partition coefficient (Wildman–Crippen LogP) is 3.42. The van der Waals surface area contributed by atoms with Crippen LogP contribution in [0.25, 0.3) is 11.0 Å². The predicted molar refractivity (Wildman–Crippen MR) is 120 cm³/mol. The van der Waals surface area contributed by atoms with Gasteiger partial charge in [0.25, 0.3) is 0 Å². The SMILES string of the molecule is Cc1ccccc1N1CCN(CC2COc3ccc4c(C)cc(=O)oc4c3C2=O)CC1. The van der Waals surface area contributed by atoms with E-state index in [2.05, 4.69) is 41.0 Å². The quantitative estimate of drug-likeness (QED) is 0.608. The summed E-state index contributed by atoms with van der Waals surface area (Å²) >= 11 is 0. The second-order valence-corrected chi connectivity index (χ2v) is 8.51. The lowest BCUT2D eigenvalue weighted by Gasteiger charge is -2.38. The van der Waals surface area contributed by atoms with Crippen molar-refractivity contribution in [1.29, 1.82) is 0 Å². The van der Waals surface area contributed by atoms with Gasteiger partial charge in [-0.05, 0) is 43.2 Å².